The molecule has 10 nitrogen and oxygen atoms in total. The predicted molar refractivity (Wildman–Crippen MR) is 111 cm³/mol. The summed E-state index contributed by atoms with van der Waals surface area (Å²) >= 11 is 6.18. The number of hydrogen-bond acceptors (Lipinski definition) is 8. The van der Waals surface area contributed by atoms with Crippen molar-refractivity contribution in [3.63, 3.8) is 0 Å². The fourth-order valence-electron chi connectivity index (χ4n) is 4.14. The molecule has 1 saturated heterocycles. The Morgan fingerprint density at radius 2 is 2.19 bits per heavy atom. The first-order valence-corrected chi connectivity index (χ1v) is 10.6. The second kappa shape index (κ2) is 8.27. The molecule has 2 unspecified atom stereocenters. The molecule has 1 aliphatic carbocycles. The van der Waals surface area contributed by atoms with E-state index in [9.17, 15) is 9.59 Å². The Hall–Kier alpha value is -2.98. The SMILES string of the molecule is O=C1COc2ncc(N3CC(CCNCC4Cc5ccnc(Cl)c5C4)OC3=O)nc2N1. The van der Waals surface area contributed by atoms with E-state index in [-0.39, 0.29) is 30.3 Å². The monoisotopic (exact) mass is 444 g/mol. The van der Waals surface area contributed by atoms with Crippen molar-refractivity contribution in [2.45, 2.75) is 25.4 Å². The molecule has 3 aliphatic rings. The number of hydrogen-bond donors (Lipinski definition) is 2. The number of cyclic esters (lactones) is 1. The fraction of sp³-hybridized carbons (Fsp3) is 0.450. The van der Waals surface area contributed by atoms with Gasteiger partial charge in [-0.15, -0.1) is 0 Å². The fourth-order valence-corrected chi connectivity index (χ4v) is 4.40. The Labute approximate surface area is 183 Å². The summed E-state index contributed by atoms with van der Waals surface area (Å²) in [4.78, 5) is 37.7. The van der Waals surface area contributed by atoms with Crippen LogP contribution in [0.25, 0.3) is 0 Å². The van der Waals surface area contributed by atoms with Crippen LogP contribution >= 0.6 is 11.6 Å². The lowest BCUT2D eigenvalue weighted by Gasteiger charge is -2.18. The summed E-state index contributed by atoms with van der Waals surface area (Å²) in [5.74, 6) is 0.944. The summed E-state index contributed by atoms with van der Waals surface area (Å²) in [5.41, 5.74) is 2.43. The highest BCUT2D eigenvalue weighted by Gasteiger charge is 2.34. The molecule has 2 atom stereocenters. The molecule has 0 spiro atoms. The third-order valence-corrected chi connectivity index (χ3v) is 5.98. The summed E-state index contributed by atoms with van der Waals surface area (Å²) in [6.07, 6.45) is 5.08. The van der Waals surface area contributed by atoms with Gasteiger partial charge in [0.05, 0.1) is 12.7 Å². The Morgan fingerprint density at radius 1 is 1.29 bits per heavy atom. The molecule has 0 radical (unpaired) electrons. The molecule has 1 fully saturated rings. The zero-order valence-corrected chi connectivity index (χ0v) is 17.4. The maximum atomic E-state index is 12.3. The van der Waals surface area contributed by atoms with E-state index in [4.69, 9.17) is 21.1 Å². The molecule has 31 heavy (non-hydrogen) atoms. The van der Waals surface area contributed by atoms with E-state index in [1.807, 2.05) is 6.07 Å². The van der Waals surface area contributed by atoms with Gasteiger partial charge >= 0.3 is 6.09 Å². The van der Waals surface area contributed by atoms with Gasteiger partial charge in [-0.05, 0) is 55.5 Å². The van der Waals surface area contributed by atoms with Crippen molar-refractivity contribution in [2.75, 3.05) is 36.5 Å². The molecule has 11 heteroatoms. The van der Waals surface area contributed by atoms with Crippen molar-refractivity contribution in [2.24, 2.45) is 5.92 Å². The van der Waals surface area contributed by atoms with Gasteiger partial charge in [0.1, 0.15) is 11.3 Å². The molecule has 2 amide bonds. The lowest BCUT2D eigenvalue weighted by atomic mass is 10.1. The summed E-state index contributed by atoms with van der Waals surface area (Å²) < 4.78 is 10.7. The molecule has 162 valence electrons. The van der Waals surface area contributed by atoms with E-state index in [1.165, 1.54) is 16.7 Å². The number of carbonyl (C=O) groups excluding carboxylic acids is 2. The van der Waals surface area contributed by atoms with Crippen LogP contribution in [0.3, 0.4) is 0 Å². The molecule has 4 heterocycles. The number of rotatable bonds is 6. The van der Waals surface area contributed by atoms with Gasteiger partial charge in [0.25, 0.3) is 11.8 Å². The summed E-state index contributed by atoms with van der Waals surface area (Å²) in [6, 6.07) is 2.04. The second-order valence-corrected chi connectivity index (χ2v) is 8.20. The van der Waals surface area contributed by atoms with Gasteiger partial charge in [-0.2, -0.15) is 0 Å². The van der Waals surface area contributed by atoms with E-state index in [0.29, 0.717) is 29.9 Å². The van der Waals surface area contributed by atoms with Crippen molar-refractivity contribution in [3.8, 4) is 5.88 Å². The smallest absolute Gasteiger partial charge is 0.415 e. The molecule has 0 saturated carbocycles. The minimum Gasteiger partial charge on any atom is -0.465 e. The summed E-state index contributed by atoms with van der Waals surface area (Å²) in [7, 11) is 0. The van der Waals surface area contributed by atoms with E-state index in [0.717, 1.165) is 31.5 Å². The quantitative estimate of drug-likeness (QED) is 0.509. The Balaban J connectivity index is 1.10. The van der Waals surface area contributed by atoms with Crippen LogP contribution in [0.1, 0.15) is 17.5 Å². The minimum absolute atomic E-state index is 0.0985. The second-order valence-electron chi connectivity index (χ2n) is 7.84. The van der Waals surface area contributed by atoms with Crippen LogP contribution in [0.2, 0.25) is 5.15 Å². The van der Waals surface area contributed by atoms with Crippen molar-refractivity contribution >= 4 is 35.2 Å². The van der Waals surface area contributed by atoms with Gasteiger partial charge < -0.3 is 20.1 Å². The number of fused-ring (bicyclic) bond motifs is 2. The van der Waals surface area contributed by atoms with E-state index in [1.54, 1.807) is 6.20 Å². The highest BCUT2D eigenvalue weighted by molar-refractivity contribution is 6.30. The minimum atomic E-state index is -0.476. The standard InChI is InChI=1S/C20H21ClN6O4/c21-17-14-6-11(5-12(14)1-4-23-17)7-22-3-2-13-9-27(20(29)31-13)15-8-24-19-18(25-15)26-16(28)10-30-19/h1,4,8,11,13,22H,2-3,5-7,9-10H2,(H,25,26,28). The van der Waals surface area contributed by atoms with Gasteiger partial charge in [0.15, 0.2) is 18.2 Å². The van der Waals surface area contributed by atoms with Crippen LogP contribution in [0.15, 0.2) is 18.5 Å². The van der Waals surface area contributed by atoms with Crippen LogP contribution in [0.5, 0.6) is 5.88 Å². The van der Waals surface area contributed by atoms with E-state index < -0.39 is 6.09 Å². The molecule has 0 aromatic carbocycles. The molecular formula is C20H21ClN6O4. The maximum Gasteiger partial charge on any atom is 0.415 e. The van der Waals surface area contributed by atoms with Crippen molar-refractivity contribution < 1.29 is 19.1 Å². The number of nitrogens with zero attached hydrogens (tertiary/aromatic N) is 4. The van der Waals surface area contributed by atoms with Crippen molar-refractivity contribution in [3.05, 3.63) is 34.7 Å². The molecule has 2 aromatic rings. The first-order chi connectivity index (χ1) is 15.1. The van der Waals surface area contributed by atoms with Crippen LogP contribution < -0.4 is 20.3 Å². The lowest BCUT2D eigenvalue weighted by molar-refractivity contribution is -0.118. The van der Waals surface area contributed by atoms with Crippen LogP contribution in [-0.4, -0.2) is 59.3 Å². The van der Waals surface area contributed by atoms with Crippen LogP contribution in [0.4, 0.5) is 16.4 Å². The number of pyridine rings is 1. The average Bonchev–Trinajstić information content (AvgIpc) is 3.34. The molecule has 5 rings (SSSR count). The van der Waals surface area contributed by atoms with Gasteiger partial charge in [-0.3, -0.25) is 9.69 Å². The zero-order valence-electron chi connectivity index (χ0n) is 16.6. The Kier molecular flexibility index (Phi) is 5.33. The van der Waals surface area contributed by atoms with Crippen molar-refractivity contribution in [1.29, 1.82) is 0 Å². The predicted octanol–water partition coefficient (Wildman–Crippen LogP) is 1.58. The average molecular weight is 445 g/mol. The topological polar surface area (TPSA) is 119 Å². The molecule has 2 N–H and O–H groups in total. The van der Waals surface area contributed by atoms with Crippen LogP contribution in [-0.2, 0) is 22.4 Å². The van der Waals surface area contributed by atoms with Crippen molar-refractivity contribution in [1.82, 2.24) is 20.3 Å². The van der Waals surface area contributed by atoms with Gasteiger partial charge in [-0.25, -0.2) is 19.7 Å². The maximum absolute atomic E-state index is 12.3. The first-order valence-electron chi connectivity index (χ1n) is 10.2. The summed E-state index contributed by atoms with van der Waals surface area (Å²) in [5, 5.41) is 6.65. The Morgan fingerprint density at radius 3 is 3.06 bits per heavy atom. The van der Waals surface area contributed by atoms with Gasteiger partial charge in [-0.1, -0.05) is 11.6 Å². The van der Waals surface area contributed by atoms with E-state index >= 15 is 0 Å². The Bertz CT molecular complexity index is 1030. The molecule has 2 aliphatic heterocycles. The number of nitrogens with one attached hydrogen (secondary N) is 2. The molecule has 2 aromatic heterocycles. The summed E-state index contributed by atoms with van der Waals surface area (Å²) in [6.45, 7) is 1.87. The number of aromatic nitrogens is 3. The number of anilines is 2. The number of halogens is 1. The van der Waals surface area contributed by atoms with Gasteiger partial charge in [0, 0.05) is 6.20 Å². The third-order valence-electron chi connectivity index (χ3n) is 5.65. The van der Waals surface area contributed by atoms with Gasteiger partial charge in [0.2, 0.25) is 0 Å². The number of amides is 2. The molecule has 0 bridgehead atoms. The molecular weight excluding hydrogens is 424 g/mol. The lowest BCUT2D eigenvalue weighted by Crippen LogP contribution is -2.30. The first kappa shape index (κ1) is 20.0. The largest absolute Gasteiger partial charge is 0.465 e. The third kappa shape index (κ3) is 4.13. The number of carbonyl (C=O) groups is 2. The zero-order chi connectivity index (χ0) is 21.4. The normalized spacial score (nSPS) is 21.9. The highest BCUT2D eigenvalue weighted by Crippen LogP contribution is 2.30. The number of ether oxygens (including phenoxy) is 2. The van der Waals surface area contributed by atoms with Crippen LogP contribution in [0, 0.1) is 5.92 Å². The van der Waals surface area contributed by atoms with E-state index in [2.05, 4.69) is 25.6 Å². The highest BCUT2D eigenvalue weighted by atomic mass is 35.5.